The van der Waals surface area contributed by atoms with Crippen LogP contribution in [0.3, 0.4) is 0 Å². The molecule has 1 aliphatic heterocycles. The minimum absolute atomic E-state index is 0.128. The van der Waals surface area contributed by atoms with Gasteiger partial charge in [0.25, 0.3) is 0 Å². The van der Waals surface area contributed by atoms with Gasteiger partial charge in [0, 0.05) is 23.0 Å². The van der Waals surface area contributed by atoms with E-state index in [1.165, 1.54) is 18.6 Å². The van der Waals surface area contributed by atoms with Crippen LogP contribution in [0.25, 0.3) is 0 Å². The number of hydrogen-bond donors (Lipinski definition) is 2. The van der Waals surface area contributed by atoms with Crippen molar-refractivity contribution in [1.82, 2.24) is 0 Å². The van der Waals surface area contributed by atoms with E-state index in [1.54, 1.807) is 0 Å². The Labute approximate surface area is 125 Å². The van der Waals surface area contributed by atoms with Crippen molar-refractivity contribution in [2.45, 2.75) is 24.3 Å². The molecule has 2 nitrogen and oxygen atoms in total. The van der Waals surface area contributed by atoms with E-state index in [0.717, 1.165) is 24.8 Å². The van der Waals surface area contributed by atoms with Gasteiger partial charge in [-0.25, -0.2) is 0 Å². The van der Waals surface area contributed by atoms with Crippen LogP contribution in [0, 0.1) is 0 Å². The minimum Gasteiger partial charge on any atom is -0.389 e. The summed E-state index contributed by atoms with van der Waals surface area (Å²) in [6.07, 6.45) is -2.11. The lowest BCUT2D eigenvalue weighted by Crippen LogP contribution is -2.19. The number of thioether (sulfide) groups is 1. The Bertz CT molecular complexity index is 497. The molecule has 7 heteroatoms. The number of alkyl halides is 3. The van der Waals surface area contributed by atoms with E-state index in [0.29, 0.717) is 10.9 Å². The molecule has 1 fully saturated rings. The van der Waals surface area contributed by atoms with Crippen molar-refractivity contribution in [3.8, 4) is 0 Å². The van der Waals surface area contributed by atoms with Gasteiger partial charge >= 0.3 is 6.18 Å². The standard InChI is InChI=1S/C13H15F3N2S2/c14-13(15,16)11-4-3-8(6-10(11)12(17)19)18-7-9-2-1-5-20-9/h3-4,6,9,18H,1-2,5,7H2,(H2,17,19). The smallest absolute Gasteiger partial charge is 0.389 e. The van der Waals surface area contributed by atoms with Gasteiger partial charge < -0.3 is 11.1 Å². The number of benzene rings is 1. The third-order valence-corrected chi connectivity index (χ3v) is 4.77. The molecule has 1 unspecified atom stereocenters. The summed E-state index contributed by atoms with van der Waals surface area (Å²) in [5.74, 6) is 1.15. The van der Waals surface area contributed by atoms with Gasteiger partial charge in [0.05, 0.1) is 5.56 Å². The Balaban J connectivity index is 2.15. The molecule has 20 heavy (non-hydrogen) atoms. The molecule has 1 aromatic rings. The molecule has 0 spiro atoms. The Morgan fingerprint density at radius 1 is 1.45 bits per heavy atom. The number of hydrogen-bond acceptors (Lipinski definition) is 3. The van der Waals surface area contributed by atoms with Crippen LogP contribution >= 0.6 is 24.0 Å². The van der Waals surface area contributed by atoms with Gasteiger partial charge in [-0.1, -0.05) is 12.2 Å². The molecule has 1 aromatic carbocycles. The summed E-state index contributed by atoms with van der Waals surface area (Å²) >= 11 is 6.60. The number of rotatable bonds is 4. The van der Waals surface area contributed by atoms with E-state index in [1.807, 2.05) is 11.8 Å². The van der Waals surface area contributed by atoms with Crippen LogP contribution < -0.4 is 11.1 Å². The van der Waals surface area contributed by atoms with Crippen molar-refractivity contribution < 1.29 is 13.2 Å². The van der Waals surface area contributed by atoms with Crippen LogP contribution in [0.5, 0.6) is 0 Å². The number of thiocarbonyl (C=S) groups is 1. The van der Waals surface area contributed by atoms with Crippen LogP contribution in [0.2, 0.25) is 0 Å². The van der Waals surface area contributed by atoms with Crippen molar-refractivity contribution in [3.63, 3.8) is 0 Å². The van der Waals surface area contributed by atoms with Gasteiger partial charge in [-0.05, 0) is 36.8 Å². The quantitative estimate of drug-likeness (QED) is 0.831. The average molecular weight is 320 g/mol. The Morgan fingerprint density at radius 3 is 2.75 bits per heavy atom. The molecule has 3 N–H and O–H groups in total. The molecule has 0 radical (unpaired) electrons. The van der Waals surface area contributed by atoms with E-state index >= 15 is 0 Å². The zero-order valence-corrected chi connectivity index (χ0v) is 12.3. The SMILES string of the molecule is NC(=S)c1cc(NCC2CCCS2)ccc1C(F)(F)F. The van der Waals surface area contributed by atoms with Gasteiger partial charge in [-0.2, -0.15) is 24.9 Å². The second-order valence-corrected chi connectivity index (χ2v) is 6.49. The second kappa shape index (κ2) is 6.22. The molecule has 1 saturated heterocycles. The number of anilines is 1. The summed E-state index contributed by atoms with van der Waals surface area (Å²) in [4.78, 5) is -0.240. The van der Waals surface area contributed by atoms with Crippen LogP contribution in [-0.2, 0) is 6.18 Å². The third-order valence-electron chi connectivity index (χ3n) is 3.15. The highest BCUT2D eigenvalue weighted by atomic mass is 32.2. The summed E-state index contributed by atoms with van der Waals surface area (Å²) in [6.45, 7) is 0.743. The summed E-state index contributed by atoms with van der Waals surface area (Å²) in [6, 6.07) is 3.83. The Morgan fingerprint density at radius 2 is 2.20 bits per heavy atom. The molecule has 1 heterocycles. The lowest BCUT2D eigenvalue weighted by Gasteiger charge is -2.16. The van der Waals surface area contributed by atoms with E-state index in [4.69, 9.17) is 18.0 Å². The first-order valence-electron chi connectivity index (χ1n) is 6.24. The summed E-state index contributed by atoms with van der Waals surface area (Å²) in [5, 5.41) is 3.68. The van der Waals surface area contributed by atoms with E-state index in [2.05, 4.69) is 5.32 Å². The highest BCUT2D eigenvalue weighted by Crippen LogP contribution is 2.33. The summed E-state index contributed by atoms with van der Waals surface area (Å²) in [5.41, 5.74) is 5.10. The highest BCUT2D eigenvalue weighted by molar-refractivity contribution is 8.00. The Kier molecular flexibility index (Phi) is 4.80. The third kappa shape index (κ3) is 3.79. The molecule has 0 saturated carbocycles. The second-order valence-electron chi connectivity index (χ2n) is 4.64. The number of nitrogens with one attached hydrogen (secondary N) is 1. The Hall–Kier alpha value is -0.950. The maximum atomic E-state index is 12.8. The first-order chi connectivity index (χ1) is 9.38. The molecule has 110 valence electrons. The van der Waals surface area contributed by atoms with Gasteiger partial charge in [0.2, 0.25) is 0 Å². The number of nitrogens with two attached hydrogens (primary N) is 1. The predicted octanol–water partition coefficient (Wildman–Crippen LogP) is 3.65. The monoisotopic (exact) mass is 320 g/mol. The van der Waals surface area contributed by atoms with Crippen LogP contribution in [0.4, 0.5) is 18.9 Å². The van der Waals surface area contributed by atoms with Crippen molar-refractivity contribution in [3.05, 3.63) is 29.3 Å². The summed E-state index contributed by atoms with van der Waals surface area (Å²) < 4.78 is 38.5. The van der Waals surface area contributed by atoms with Gasteiger partial charge in [-0.3, -0.25) is 0 Å². The largest absolute Gasteiger partial charge is 0.417 e. The summed E-state index contributed by atoms with van der Waals surface area (Å²) in [7, 11) is 0. The fourth-order valence-electron chi connectivity index (χ4n) is 2.14. The van der Waals surface area contributed by atoms with Gasteiger partial charge in [-0.15, -0.1) is 0 Å². The molecule has 0 aromatic heterocycles. The normalized spacial score (nSPS) is 19.1. The van der Waals surface area contributed by atoms with E-state index in [-0.39, 0.29) is 10.6 Å². The van der Waals surface area contributed by atoms with Crippen LogP contribution in [0.15, 0.2) is 18.2 Å². The lowest BCUT2D eigenvalue weighted by atomic mass is 10.1. The number of halogens is 3. The van der Waals surface area contributed by atoms with E-state index < -0.39 is 11.7 Å². The average Bonchev–Trinajstić information content (AvgIpc) is 2.88. The van der Waals surface area contributed by atoms with Crippen LogP contribution in [0.1, 0.15) is 24.0 Å². The maximum Gasteiger partial charge on any atom is 0.417 e. The molecule has 0 bridgehead atoms. The first-order valence-corrected chi connectivity index (χ1v) is 7.70. The fourth-order valence-corrected chi connectivity index (χ4v) is 3.51. The lowest BCUT2D eigenvalue weighted by molar-refractivity contribution is -0.137. The first kappa shape index (κ1) is 15.4. The fraction of sp³-hybridized carbons (Fsp3) is 0.462. The molecule has 1 atom stereocenters. The molecule has 2 rings (SSSR count). The van der Waals surface area contributed by atoms with Gasteiger partial charge in [0.1, 0.15) is 4.99 Å². The van der Waals surface area contributed by atoms with Crippen molar-refractivity contribution >= 4 is 34.7 Å². The van der Waals surface area contributed by atoms with E-state index in [9.17, 15) is 13.2 Å². The van der Waals surface area contributed by atoms with Crippen LogP contribution in [-0.4, -0.2) is 22.5 Å². The zero-order valence-electron chi connectivity index (χ0n) is 10.7. The zero-order chi connectivity index (χ0) is 14.8. The molecule has 1 aliphatic rings. The molecular weight excluding hydrogens is 305 g/mol. The molecule has 0 amide bonds. The molecule has 0 aliphatic carbocycles. The van der Waals surface area contributed by atoms with Crippen molar-refractivity contribution in [2.24, 2.45) is 5.73 Å². The predicted molar refractivity (Wildman–Crippen MR) is 81.3 cm³/mol. The topological polar surface area (TPSA) is 38.0 Å². The highest BCUT2D eigenvalue weighted by Gasteiger charge is 2.34. The van der Waals surface area contributed by atoms with Crippen molar-refractivity contribution in [2.75, 3.05) is 17.6 Å². The molecular formula is C13H15F3N2S2. The minimum atomic E-state index is -4.45. The van der Waals surface area contributed by atoms with Crippen molar-refractivity contribution in [1.29, 1.82) is 0 Å². The van der Waals surface area contributed by atoms with Gasteiger partial charge in [0.15, 0.2) is 0 Å². The maximum absolute atomic E-state index is 12.8.